The molecule has 0 radical (unpaired) electrons. The van der Waals surface area contributed by atoms with Crippen LogP contribution in [0.3, 0.4) is 0 Å². The van der Waals surface area contributed by atoms with Gasteiger partial charge in [0.25, 0.3) is 0 Å². The largest absolute Gasteiger partial charge is 0.507 e. The third-order valence-electron chi connectivity index (χ3n) is 8.46. The van der Waals surface area contributed by atoms with Crippen molar-refractivity contribution in [2.24, 2.45) is 5.92 Å². The third kappa shape index (κ3) is 4.52. The van der Waals surface area contributed by atoms with Gasteiger partial charge in [-0.2, -0.15) is 5.10 Å². The van der Waals surface area contributed by atoms with Crippen molar-refractivity contribution in [1.82, 2.24) is 15.5 Å². The summed E-state index contributed by atoms with van der Waals surface area (Å²) < 4.78 is 28.1. The number of ketones is 2. The lowest BCUT2D eigenvalue weighted by atomic mass is 9.69. The van der Waals surface area contributed by atoms with E-state index >= 15 is 0 Å². The van der Waals surface area contributed by atoms with E-state index in [0.717, 1.165) is 11.3 Å². The van der Waals surface area contributed by atoms with Crippen molar-refractivity contribution in [3.8, 4) is 28.7 Å². The number of Topliss-reactive ketones (excluding diaryl/α,β-unsaturated/α-hetero) is 2. The van der Waals surface area contributed by atoms with Gasteiger partial charge in [-0.25, -0.2) is 0 Å². The quantitative estimate of drug-likeness (QED) is 0.329. The Morgan fingerprint density at radius 2 is 1.95 bits per heavy atom. The Kier molecular flexibility index (Phi) is 7.40. The lowest BCUT2D eigenvalue weighted by Gasteiger charge is -2.38. The first-order valence-corrected chi connectivity index (χ1v) is 14.3. The average Bonchev–Trinajstić information content (AvgIpc) is 3.72. The molecule has 1 aromatic heterocycles. The number of carbonyl (C=O) groups is 3. The minimum absolute atomic E-state index is 0.0205. The van der Waals surface area contributed by atoms with Crippen molar-refractivity contribution in [3.05, 3.63) is 69.2 Å². The molecule has 1 unspecified atom stereocenters. The van der Waals surface area contributed by atoms with Crippen molar-refractivity contribution >= 4 is 29.1 Å². The zero-order valence-corrected chi connectivity index (χ0v) is 25.2. The van der Waals surface area contributed by atoms with E-state index in [1.807, 2.05) is 6.92 Å². The third-order valence-corrected chi connectivity index (χ3v) is 8.82. The number of ether oxygens (including phenoxy) is 5. The number of allylic oxidation sites excluding steroid dienone is 1. The number of aromatic amines is 1. The highest BCUT2D eigenvalue weighted by Crippen LogP contribution is 2.56. The summed E-state index contributed by atoms with van der Waals surface area (Å²) in [5.74, 6) is -2.53. The number of nitrogens with one attached hydrogen (secondary N) is 2. The molecule has 6 rings (SSSR count). The first-order valence-electron chi connectivity index (χ1n) is 13.9. The predicted octanol–water partition coefficient (Wildman–Crippen LogP) is 4.34. The number of hydrogen-bond acceptors (Lipinski definition) is 10. The fourth-order valence-corrected chi connectivity index (χ4v) is 6.32. The molecule has 0 fully saturated rings. The number of aromatic nitrogens is 2. The van der Waals surface area contributed by atoms with Crippen molar-refractivity contribution < 1.29 is 43.2 Å². The Balaban J connectivity index is 1.46. The highest BCUT2D eigenvalue weighted by Gasteiger charge is 2.61. The van der Waals surface area contributed by atoms with Crippen LogP contribution in [-0.4, -0.2) is 59.4 Å². The number of halogens is 1. The topological polar surface area (TPSA) is 158 Å². The Bertz CT molecular complexity index is 1730. The van der Waals surface area contributed by atoms with Gasteiger partial charge < -0.3 is 34.1 Å². The number of H-pyrrole nitrogens is 1. The summed E-state index contributed by atoms with van der Waals surface area (Å²) in [6.07, 6.45) is 1.24. The van der Waals surface area contributed by atoms with Crippen LogP contribution in [0.1, 0.15) is 52.9 Å². The number of carbonyl (C=O) groups excluding carboxylic acids is 3. The molecule has 1 amide bonds. The average molecular weight is 624 g/mol. The molecule has 3 heterocycles. The SMILES string of the molecule is COc1cc(OC)c2c(c1Cl)O[C@]1(C2=O)C(O)=C(C(CC(=O)NCc2cn[nH]c2C)c2ccc3c(c2)OCO3)C(=O)C[C@H]1C. The van der Waals surface area contributed by atoms with Crippen molar-refractivity contribution in [1.29, 1.82) is 0 Å². The number of aryl methyl sites for hydroxylation is 1. The molecule has 0 saturated carbocycles. The van der Waals surface area contributed by atoms with Gasteiger partial charge in [0.05, 0.1) is 20.4 Å². The normalized spacial score (nSPS) is 20.9. The van der Waals surface area contributed by atoms with Crippen LogP contribution in [0.25, 0.3) is 0 Å². The second-order valence-electron chi connectivity index (χ2n) is 10.9. The number of aliphatic hydroxyl groups is 1. The molecule has 2 aliphatic heterocycles. The highest BCUT2D eigenvalue weighted by atomic mass is 35.5. The van der Waals surface area contributed by atoms with E-state index < -0.39 is 40.7 Å². The molecule has 3 N–H and O–H groups in total. The van der Waals surface area contributed by atoms with E-state index in [1.54, 1.807) is 31.3 Å². The van der Waals surface area contributed by atoms with Gasteiger partial charge in [0.2, 0.25) is 24.1 Å². The molecule has 1 spiro atoms. The first kappa shape index (κ1) is 29.4. The maximum absolute atomic E-state index is 14.2. The van der Waals surface area contributed by atoms with Gasteiger partial charge in [0.1, 0.15) is 22.1 Å². The standard InChI is InChI=1S/C31H30ClN3O9/c1-14-7-19(36)25(29(38)31(14)30(39)26-22(40-3)10-23(41-4)27(32)28(26)44-31)18(16-5-6-20-21(8-16)43-13-42-20)9-24(37)33-11-17-12-34-35-15(17)2/h5-6,8,10,12,14,18,38H,7,9,11,13H2,1-4H3,(H,33,37)(H,34,35)/t14-,18?,31+/m1/s1. The molecule has 230 valence electrons. The molecule has 0 bridgehead atoms. The molecule has 3 atom stereocenters. The van der Waals surface area contributed by atoms with E-state index in [9.17, 15) is 19.5 Å². The van der Waals surface area contributed by atoms with Gasteiger partial charge >= 0.3 is 0 Å². The Morgan fingerprint density at radius 1 is 1.20 bits per heavy atom. The molecule has 2 aromatic carbocycles. The highest BCUT2D eigenvalue weighted by molar-refractivity contribution is 6.35. The molecular formula is C31H30ClN3O9. The summed E-state index contributed by atoms with van der Waals surface area (Å²) in [5.41, 5.74) is 0.0271. The van der Waals surface area contributed by atoms with Crippen molar-refractivity contribution in [2.75, 3.05) is 21.0 Å². The van der Waals surface area contributed by atoms with E-state index in [4.69, 9.17) is 35.3 Å². The fraction of sp³-hybridized carbons (Fsp3) is 0.355. The summed E-state index contributed by atoms with van der Waals surface area (Å²) in [6.45, 7) is 3.70. The maximum atomic E-state index is 14.2. The van der Waals surface area contributed by atoms with E-state index in [0.29, 0.717) is 17.1 Å². The van der Waals surface area contributed by atoms with E-state index in [-0.39, 0.29) is 59.6 Å². The molecule has 3 aliphatic rings. The second-order valence-corrected chi connectivity index (χ2v) is 11.3. The maximum Gasteiger partial charge on any atom is 0.231 e. The van der Waals surface area contributed by atoms with Crippen LogP contribution >= 0.6 is 11.6 Å². The number of hydrogen-bond donors (Lipinski definition) is 3. The lowest BCUT2D eigenvalue weighted by molar-refractivity contribution is -0.122. The molecule has 0 saturated heterocycles. The van der Waals surface area contributed by atoms with E-state index in [2.05, 4.69) is 15.5 Å². The molecule has 3 aromatic rings. The van der Waals surface area contributed by atoms with Crippen molar-refractivity contribution in [2.45, 2.75) is 44.8 Å². The summed E-state index contributed by atoms with van der Waals surface area (Å²) in [7, 11) is 2.79. The number of rotatable bonds is 8. The van der Waals surface area contributed by atoms with E-state index in [1.165, 1.54) is 20.3 Å². The smallest absolute Gasteiger partial charge is 0.231 e. The minimum Gasteiger partial charge on any atom is -0.507 e. The number of fused-ring (bicyclic) bond motifs is 2. The predicted molar refractivity (Wildman–Crippen MR) is 156 cm³/mol. The Morgan fingerprint density at radius 3 is 2.66 bits per heavy atom. The molecular weight excluding hydrogens is 594 g/mol. The van der Waals surface area contributed by atoms with Gasteiger partial charge in [0.15, 0.2) is 28.8 Å². The van der Waals surface area contributed by atoms with Gasteiger partial charge in [-0.3, -0.25) is 19.5 Å². The number of amides is 1. The molecule has 44 heavy (non-hydrogen) atoms. The fourth-order valence-electron chi connectivity index (χ4n) is 6.06. The van der Waals surface area contributed by atoms with Crippen LogP contribution in [0.5, 0.6) is 28.7 Å². The lowest BCUT2D eigenvalue weighted by Crippen LogP contribution is -2.53. The van der Waals surface area contributed by atoms with Crippen LogP contribution in [-0.2, 0) is 16.1 Å². The summed E-state index contributed by atoms with van der Waals surface area (Å²) >= 11 is 6.57. The van der Waals surface area contributed by atoms with Gasteiger partial charge in [0, 0.05) is 54.1 Å². The van der Waals surface area contributed by atoms with Crippen molar-refractivity contribution in [3.63, 3.8) is 0 Å². The summed E-state index contributed by atoms with van der Waals surface area (Å²) in [4.78, 5) is 41.4. The number of benzene rings is 2. The first-order chi connectivity index (χ1) is 21.1. The molecule has 1 aliphatic carbocycles. The van der Waals surface area contributed by atoms with Crippen LogP contribution in [0.15, 0.2) is 41.8 Å². The zero-order valence-electron chi connectivity index (χ0n) is 24.4. The number of aliphatic hydroxyl groups excluding tert-OH is 1. The van der Waals surface area contributed by atoms with Crippen LogP contribution in [0, 0.1) is 12.8 Å². The number of nitrogens with zero attached hydrogens (tertiary/aromatic N) is 1. The van der Waals surface area contributed by atoms with Gasteiger partial charge in [-0.15, -0.1) is 0 Å². The Hall–Kier alpha value is -4.71. The van der Waals surface area contributed by atoms with Crippen LogP contribution < -0.4 is 29.0 Å². The van der Waals surface area contributed by atoms with Gasteiger partial charge in [-0.1, -0.05) is 24.6 Å². The summed E-state index contributed by atoms with van der Waals surface area (Å²) in [5, 5.41) is 21.7. The molecule has 13 heteroatoms. The zero-order chi connectivity index (χ0) is 31.3. The monoisotopic (exact) mass is 623 g/mol. The molecule has 12 nitrogen and oxygen atoms in total. The Labute approximate surface area is 257 Å². The van der Waals surface area contributed by atoms with Crippen LogP contribution in [0.4, 0.5) is 0 Å². The minimum atomic E-state index is -1.99. The summed E-state index contributed by atoms with van der Waals surface area (Å²) in [6, 6.07) is 6.49. The van der Waals surface area contributed by atoms with Crippen LogP contribution in [0.2, 0.25) is 5.02 Å². The second kappa shape index (κ2) is 11.1. The number of methoxy groups -OCH3 is 2. The van der Waals surface area contributed by atoms with Gasteiger partial charge in [-0.05, 0) is 24.6 Å².